The quantitative estimate of drug-likeness (QED) is 0.718. The van der Waals surface area contributed by atoms with Gasteiger partial charge in [0.1, 0.15) is 18.5 Å². The van der Waals surface area contributed by atoms with E-state index in [2.05, 4.69) is 53.4 Å². The molecule has 1 atom stereocenters. The molecule has 0 aromatic heterocycles. The number of β-amino-alcohol motifs (C(OH)–C–C–N with tert-alkyl or cyclic N) is 1. The highest BCUT2D eigenvalue weighted by Gasteiger charge is 2.18. The third kappa shape index (κ3) is 4.57. The first kappa shape index (κ1) is 17.8. The maximum Gasteiger partial charge on any atom is 0.119 e. The predicted molar refractivity (Wildman–Crippen MR) is 109 cm³/mol. The molecule has 0 aliphatic carbocycles. The Hall–Kier alpha value is -2.62. The SMILES string of the molecule is O[C@H](COc1ccc(-c2ccccc2)cc1)CN1CCc2ccccc2C1. The zero-order chi connectivity index (χ0) is 18.5. The van der Waals surface area contributed by atoms with Crippen molar-refractivity contribution in [2.75, 3.05) is 19.7 Å². The Bertz CT molecular complexity index is 861. The lowest BCUT2D eigenvalue weighted by Crippen LogP contribution is -2.38. The fourth-order valence-electron chi connectivity index (χ4n) is 3.63. The van der Waals surface area contributed by atoms with Gasteiger partial charge >= 0.3 is 0 Å². The van der Waals surface area contributed by atoms with E-state index in [-0.39, 0.29) is 0 Å². The number of benzene rings is 3. The topological polar surface area (TPSA) is 32.7 Å². The van der Waals surface area contributed by atoms with Gasteiger partial charge in [-0.25, -0.2) is 0 Å². The van der Waals surface area contributed by atoms with E-state index in [1.165, 1.54) is 16.7 Å². The van der Waals surface area contributed by atoms with Crippen molar-refractivity contribution >= 4 is 0 Å². The summed E-state index contributed by atoms with van der Waals surface area (Å²) in [7, 11) is 0. The standard InChI is InChI=1S/C24H25NO2/c26-23(17-25-15-14-20-8-4-5-9-22(20)16-25)18-27-24-12-10-21(11-13-24)19-6-2-1-3-7-19/h1-13,23,26H,14-18H2/t23-/m0/s1. The summed E-state index contributed by atoms with van der Waals surface area (Å²) in [5, 5.41) is 10.4. The number of aliphatic hydroxyl groups excluding tert-OH is 1. The van der Waals surface area contributed by atoms with Gasteiger partial charge in [-0.2, -0.15) is 0 Å². The van der Waals surface area contributed by atoms with E-state index in [9.17, 15) is 5.11 Å². The fraction of sp³-hybridized carbons (Fsp3) is 0.250. The Morgan fingerprint density at radius 1 is 0.815 bits per heavy atom. The molecule has 0 radical (unpaired) electrons. The van der Waals surface area contributed by atoms with Crippen molar-refractivity contribution in [1.82, 2.24) is 4.90 Å². The monoisotopic (exact) mass is 359 g/mol. The second-order valence-electron chi connectivity index (χ2n) is 7.11. The van der Waals surface area contributed by atoms with E-state index in [1.807, 2.05) is 30.3 Å². The van der Waals surface area contributed by atoms with Gasteiger partial charge in [-0.3, -0.25) is 4.90 Å². The maximum atomic E-state index is 10.4. The molecule has 0 spiro atoms. The van der Waals surface area contributed by atoms with Crippen molar-refractivity contribution in [2.45, 2.75) is 19.1 Å². The summed E-state index contributed by atoms with van der Waals surface area (Å²) in [6.45, 7) is 2.83. The summed E-state index contributed by atoms with van der Waals surface area (Å²) < 4.78 is 5.79. The molecule has 0 saturated heterocycles. The van der Waals surface area contributed by atoms with Gasteiger partial charge in [-0.05, 0) is 40.8 Å². The molecular weight excluding hydrogens is 334 g/mol. The lowest BCUT2D eigenvalue weighted by molar-refractivity contribution is 0.0638. The van der Waals surface area contributed by atoms with E-state index in [0.29, 0.717) is 13.2 Å². The molecule has 0 fully saturated rings. The van der Waals surface area contributed by atoms with Gasteiger partial charge < -0.3 is 9.84 Å². The van der Waals surface area contributed by atoms with E-state index >= 15 is 0 Å². The van der Waals surface area contributed by atoms with Gasteiger partial charge in [0.05, 0.1) is 0 Å². The summed E-state index contributed by atoms with van der Waals surface area (Å²) in [5.41, 5.74) is 5.15. The van der Waals surface area contributed by atoms with E-state index in [1.54, 1.807) is 0 Å². The largest absolute Gasteiger partial charge is 0.491 e. The second-order valence-corrected chi connectivity index (χ2v) is 7.11. The maximum absolute atomic E-state index is 10.4. The lowest BCUT2D eigenvalue weighted by Gasteiger charge is -2.30. The molecule has 3 aromatic carbocycles. The first-order chi connectivity index (χ1) is 13.3. The van der Waals surface area contributed by atoms with Gasteiger partial charge in [0.25, 0.3) is 0 Å². The minimum absolute atomic E-state index is 0.308. The summed E-state index contributed by atoms with van der Waals surface area (Å²) in [6.07, 6.45) is 0.550. The highest BCUT2D eigenvalue weighted by molar-refractivity contribution is 5.63. The molecule has 0 bridgehead atoms. The van der Waals surface area contributed by atoms with Crippen LogP contribution in [0.25, 0.3) is 11.1 Å². The van der Waals surface area contributed by atoms with Crippen molar-refractivity contribution in [1.29, 1.82) is 0 Å². The Morgan fingerprint density at radius 3 is 2.26 bits per heavy atom. The number of fused-ring (bicyclic) bond motifs is 1. The number of ether oxygens (including phenoxy) is 1. The number of nitrogens with zero attached hydrogens (tertiary/aromatic N) is 1. The lowest BCUT2D eigenvalue weighted by atomic mass is 10.00. The van der Waals surface area contributed by atoms with Crippen LogP contribution >= 0.6 is 0 Å². The van der Waals surface area contributed by atoms with Crippen molar-refractivity contribution in [3.05, 3.63) is 90.0 Å². The molecule has 1 aliphatic rings. The second kappa shape index (κ2) is 8.38. The van der Waals surface area contributed by atoms with Crippen LogP contribution in [0, 0.1) is 0 Å². The van der Waals surface area contributed by atoms with Crippen LogP contribution in [0.3, 0.4) is 0 Å². The first-order valence-corrected chi connectivity index (χ1v) is 9.53. The minimum Gasteiger partial charge on any atom is -0.491 e. The highest BCUT2D eigenvalue weighted by atomic mass is 16.5. The average Bonchev–Trinajstić information content (AvgIpc) is 2.73. The molecule has 1 aliphatic heterocycles. The van der Waals surface area contributed by atoms with Gasteiger partial charge in [0.2, 0.25) is 0 Å². The molecule has 1 N–H and O–H groups in total. The van der Waals surface area contributed by atoms with Crippen LogP contribution in [-0.4, -0.2) is 35.8 Å². The summed E-state index contributed by atoms with van der Waals surface area (Å²) in [4.78, 5) is 2.30. The Labute approximate surface area is 160 Å². The third-order valence-electron chi connectivity index (χ3n) is 5.08. The third-order valence-corrected chi connectivity index (χ3v) is 5.08. The van der Waals surface area contributed by atoms with Crippen molar-refractivity contribution in [3.63, 3.8) is 0 Å². The zero-order valence-corrected chi connectivity index (χ0v) is 15.4. The number of aliphatic hydroxyl groups is 1. The zero-order valence-electron chi connectivity index (χ0n) is 15.4. The van der Waals surface area contributed by atoms with Crippen molar-refractivity contribution < 1.29 is 9.84 Å². The van der Waals surface area contributed by atoms with Gasteiger partial charge in [0, 0.05) is 19.6 Å². The van der Waals surface area contributed by atoms with Crippen molar-refractivity contribution in [2.24, 2.45) is 0 Å². The van der Waals surface area contributed by atoms with Crippen LogP contribution in [0.1, 0.15) is 11.1 Å². The molecule has 3 aromatic rings. The van der Waals surface area contributed by atoms with E-state index in [4.69, 9.17) is 4.74 Å². The Kier molecular flexibility index (Phi) is 5.52. The summed E-state index contributed by atoms with van der Waals surface area (Å²) >= 11 is 0. The Balaban J connectivity index is 1.28. The minimum atomic E-state index is -0.496. The van der Waals surface area contributed by atoms with Gasteiger partial charge in [0.15, 0.2) is 0 Å². The smallest absolute Gasteiger partial charge is 0.119 e. The van der Waals surface area contributed by atoms with Crippen LogP contribution in [0.2, 0.25) is 0 Å². The molecule has 138 valence electrons. The normalized spacial score (nSPS) is 15.1. The summed E-state index contributed by atoms with van der Waals surface area (Å²) in [6, 6.07) is 26.9. The first-order valence-electron chi connectivity index (χ1n) is 9.53. The molecule has 0 unspecified atom stereocenters. The fourth-order valence-corrected chi connectivity index (χ4v) is 3.63. The number of hydrogen-bond donors (Lipinski definition) is 1. The number of rotatable bonds is 6. The average molecular weight is 359 g/mol. The molecule has 0 amide bonds. The van der Waals surface area contributed by atoms with Gasteiger partial charge in [-0.1, -0.05) is 66.7 Å². The molecule has 4 rings (SSSR count). The van der Waals surface area contributed by atoms with Crippen LogP contribution < -0.4 is 4.74 Å². The van der Waals surface area contributed by atoms with E-state index < -0.39 is 6.10 Å². The van der Waals surface area contributed by atoms with Crippen LogP contribution in [0.15, 0.2) is 78.9 Å². The highest BCUT2D eigenvalue weighted by Crippen LogP contribution is 2.22. The van der Waals surface area contributed by atoms with Crippen LogP contribution in [0.5, 0.6) is 5.75 Å². The van der Waals surface area contributed by atoms with Crippen LogP contribution in [-0.2, 0) is 13.0 Å². The Morgan fingerprint density at radius 2 is 1.48 bits per heavy atom. The van der Waals surface area contributed by atoms with Gasteiger partial charge in [-0.15, -0.1) is 0 Å². The number of hydrogen-bond acceptors (Lipinski definition) is 3. The summed E-state index contributed by atoms with van der Waals surface area (Å²) in [5.74, 6) is 0.790. The van der Waals surface area contributed by atoms with Crippen molar-refractivity contribution in [3.8, 4) is 16.9 Å². The molecule has 27 heavy (non-hydrogen) atoms. The molecule has 1 heterocycles. The molecule has 0 saturated carbocycles. The molecular formula is C24H25NO2. The molecule has 3 nitrogen and oxygen atoms in total. The molecule has 3 heteroatoms. The van der Waals surface area contributed by atoms with Crippen LogP contribution in [0.4, 0.5) is 0 Å². The predicted octanol–water partition coefficient (Wildman–Crippen LogP) is 4.15. The van der Waals surface area contributed by atoms with E-state index in [0.717, 1.165) is 30.8 Å².